The summed E-state index contributed by atoms with van der Waals surface area (Å²) in [6.45, 7) is 5.30. The first-order chi connectivity index (χ1) is 8.31. The molecule has 94 valence electrons. The minimum Gasteiger partial charge on any atom is -0.346 e. The van der Waals surface area contributed by atoms with Crippen molar-refractivity contribution < 1.29 is 9.47 Å². The van der Waals surface area contributed by atoms with Gasteiger partial charge in [-0.3, -0.25) is 0 Å². The van der Waals surface area contributed by atoms with Crippen LogP contribution in [0.3, 0.4) is 0 Å². The number of rotatable bonds is 3. The van der Waals surface area contributed by atoms with Crippen molar-refractivity contribution in [1.29, 1.82) is 0 Å². The monoisotopic (exact) mass is 255 g/mol. The summed E-state index contributed by atoms with van der Waals surface area (Å²) in [5.74, 6) is 0.595. The van der Waals surface area contributed by atoms with Crippen LogP contribution in [-0.2, 0) is 15.9 Å². The Morgan fingerprint density at radius 3 is 3.00 bits per heavy atom. The lowest BCUT2D eigenvalue weighted by Crippen LogP contribution is -2.34. The average Bonchev–Trinajstić information content (AvgIpc) is 3.03. The zero-order valence-corrected chi connectivity index (χ0v) is 10.8. The van der Waals surface area contributed by atoms with Crippen LogP contribution in [0.25, 0.3) is 0 Å². The van der Waals surface area contributed by atoms with Crippen molar-refractivity contribution in [1.82, 2.24) is 9.36 Å². The highest BCUT2D eigenvalue weighted by atomic mass is 32.1. The summed E-state index contributed by atoms with van der Waals surface area (Å²) in [5.41, 5.74) is 0. The van der Waals surface area contributed by atoms with E-state index in [1.165, 1.54) is 11.5 Å². The van der Waals surface area contributed by atoms with E-state index in [1.54, 1.807) is 0 Å². The van der Waals surface area contributed by atoms with Crippen LogP contribution in [0.1, 0.15) is 25.6 Å². The zero-order valence-electron chi connectivity index (χ0n) is 10.0. The maximum Gasteiger partial charge on any atom is 0.205 e. The van der Waals surface area contributed by atoms with Crippen LogP contribution in [0, 0.1) is 0 Å². The second kappa shape index (κ2) is 4.51. The zero-order chi connectivity index (χ0) is 11.7. The fraction of sp³-hybridized carbons (Fsp3) is 0.818. The van der Waals surface area contributed by atoms with Crippen molar-refractivity contribution in [3.8, 4) is 0 Å². The normalized spacial score (nSPS) is 22.8. The minimum absolute atomic E-state index is 0.364. The SMILES string of the molecule is CCCc1nsc(N2CCC3(C2)OCCO3)n1. The van der Waals surface area contributed by atoms with Crippen molar-refractivity contribution in [3.05, 3.63) is 5.82 Å². The van der Waals surface area contributed by atoms with Gasteiger partial charge in [0.25, 0.3) is 0 Å². The van der Waals surface area contributed by atoms with Crippen molar-refractivity contribution in [3.63, 3.8) is 0 Å². The van der Waals surface area contributed by atoms with E-state index in [-0.39, 0.29) is 5.79 Å². The van der Waals surface area contributed by atoms with Crippen LogP contribution in [0.5, 0.6) is 0 Å². The summed E-state index contributed by atoms with van der Waals surface area (Å²) >= 11 is 1.48. The molecule has 0 amide bonds. The standard InChI is InChI=1S/C11H17N3O2S/c1-2-3-9-12-10(17-13-9)14-5-4-11(8-14)15-6-7-16-11/h2-8H2,1H3. The van der Waals surface area contributed by atoms with Gasteiger partial charge in [0.15, 0.2) is 5.79 Å². The van der Waals surface area contributed by atoms with E-state index in [2.05, 4.69) is 21.2 Å². The van der Waals surface area contributed by atoms with E-state index in [1.807, 2.05) is 0 Å². The van der Waals surface area contributed by atoms with Gasteiger partial charge in [-0.05, 0) is 6.42 Å². The van der Waals surface area contributed by atoms with E-state index < -0.39 is 0 Å². The Kier molecular flexibility index (Phi) is 3.02. The number of nitrogens with zero attached hydrogens (tertiary/aromatic N) is 3. The van der Waals surface area contributed by atoms with Crippen LogP contribution in [0.2, 0.25) is 0 Å². The maximum atomic E-state index is 5.70. The van der Waals surface area contributed by atoms with Crippen molar-refractivity contribution in [2.24, 2.45) is 0 Å². The van der Waals surface area contributed by atoms with Gasteiger partial charge in [0.2, 0.25) is 5.13 Å². The topological polar surface area (TPSA) is 47.5 Å². The van der Waals surface area contributed by atoms with E-state index in [0.717, 1.165) is 43.3 Å². The molecule has 1 aromatic heterocycles. The fourth-order valence-corrected chi connectivity index (χ4v) is 3.09. The van der Waals surface area contributed by atoms with Crippen molar-refractivity contribution in [2.75, 3.05) is 31.2 Å². The van der Waals surface area contributed by atoms with Gasteiger partial charge in [0.05, 0.1) is 19.8 Å². The lowest BCUT2D eigenvalue weighted by atomic mass is 10.2. The Hall–Kier alpha value is -0.720. The third-order valence-corrected chi connectivity index (χ3v) is 4.02. The molecule has 1 spiro atoms. The van der Waals surface area contributed by atoms with Gasteiger partial charge in [-0.1, -0.05) is 6.92 Å². The molecule has 0 radical (unpaired) electrons. The summed E-state index contributed by atoms with van der Waals surface area (Å²) in [7, 11) is 0. The van der Waals surface area contributed by atoms with Crippen LogP contribution in [0.4, 0.5) is 5.13 Å². The molecule has 2 saturated heterocycles. The number of ether oxygens (including phenoxy) is 2. The van der Waals surface area contributed by atoms with E-state index in [0.29, 0.717) is 13.2 Å². The molecule has 0 N–H and O–H groups in total. The van der Waals surface area contributed by atoms with E-state index in [9.17, 15) is 0 Å². The summed E-state index contributed by atoms with van der Waals surface area (Å²) in [6, 6.07) is 0. The Balaban J connectivity index is 1.68. The number of anilines is 1. The third-order valence-electron chi connectivity index (χ3n) is 3.21. The van der Waals surface area contributed by atoms with Gasteiger partial charge in [-0.25, -0.2) is 4.98 Å². The molecule has 17 heavy (non-hydrogen) atoms. The van der Waals surface area contributed by atoms with Crippen molar-refractivity contribution >= 4 is 16.7 Å². The Morgan fingerprint density at radius 2 is 2.24 bits per heavy atom. The Bertz CT molecular complexity index is 390. The maximum absolute atomic E-state index is 5.70. The largest absolute Gasteiger partial charge is 0.346 e. The Labute approximate surface area is 105 Å². The number of aromatic nitrogens is 2. The smallest absolute Gasteiger partial charge is 0.205 e. The minimum atomic E-state index is -0.364. The molecule has 1 aromatic rings. The summed E-state index contributed by atoms with van der Waals surface area (Å²) in [5, 5.41) is 1.00. The highest BCUT2D eigenvalue weighted by Crippen LogP contribution is 2.33. The van der Waals surface area contributed by atoms with Gasteiger partial charge >= 0.3 is 0 Å². The predicted molar refractivity (Wildman–Crippen MR) is 65.4 cm³/mol. The predicted octanol–water partition coefficient (Wildman–Crippen LogP) is 1.44. The molecular formula is C11H17N3O2S. The molecule has 0 unspecified atom stereocenters. The molecule has 0 saturated carbocycles. The lowest BCUT2D eigenvalue weighted by molar-refractivity contribution is -0.137. The quantitative estimate of drug-likeness (QED) is 0.818. The Morgan fingerprint density at radius 1 is 1.41 bits per heavy atom. The van der Waals surface area contributed by atoms with Gasteiger partial charge < -0.3 is 14.4 Å². The molecule has 2 aliphatic rings. The molecule has 0 aliphatic carbocycles. The van der Waals surface area contributed by atoms with Crippen LogP contribution in [-0.4, -0.2) is 41.4 Å². The first kappa shape index (κ1) is 11.4. The molecule has 3 heterocycles. The van der Waals surface area contributed by atoms with Gasteiger partial charge in [0, 0.05) is 30.9 Å². The molecule has 2 fully saturated rings. The average molecular weight is 255 g/mol. The molecule has 3 rings (SSSR count). The molecule has 0 bridgehead atoms. The molecule has 5 nitrogen and oxygen atoms in total. The molecule has 0 aromatic carbocycles. The summed E-state index contributed by atoms with van der Waals surface area (Å²) in [4.78, 5) is 6.78. The molecule has 6 heteroatoms. The summed E-state index contributed by atoms with van der Waals surface area (Å²) < 4.78 is 15.8. The van der Waals surface area contributed by atoms with Gasteiger partial charge in [-0.2, -0.15) is 4.37 Å². The first-order valence-corrected chi connectivity index (χ1v) is 6.94. The van der Waals surface area contributed by atoms with Crippen LogP contribution < -0.4 is 4.90 Å². The van der Waals surface area contributed by atoms with Gasteiger partial charge in [-0.15, -0.1) is 0 Å². The fourth-order valence-electron chi connectivity index (χ4n) is 2.35. The number of hydrogen-bond acceptors (Lipinski definition) is 6. The van der Waals surface area contributed by atoms with Crippen LogP contribution >= 0.6 is 11.5 Å². The highest BCUT2D eigenvalue weighted by Gasteiger charge is 2.44. The first-order valence-electron chi connectivity index (χ1n) is 6.17. The molecule has 2 aliphatic heterocycles. The van der Waals surface area contributed by atoms with E-state index >= 15 is 0 Å². The van der Waals surface area contributed by atoms with Crippen molar-refractivity contribution in [2.45, 2.75) is 32.0 Å². The second-order valence-electron chi connectivity index (χ2n) is 4.52. The lowest BCUT2D eigenvalue weighted by Gasteiger charge is -2.21. The molecular weight excluding hydrogens is 238 g/mol. The van der Waals surface area contributed by atoms with Gasteiger partial charge in [0.1, 0.15) is 5.82 Å². The molecule has 0 atom stereocenters. The second-order valence-corrected chi connectivity index (χ2v) is 5.25. The van der Waals surface area contributed by atoms with E-state index in [4.69, 9.17) is 9.47 Å². The number of hydrogen-bond donors (Lipinski definition) is 0. The highest BCUT2D eigenvalue weighted by molar-refractivity contribution is 7.09. The number of aryl methyl sites for hydroxylation is 1. The summed E-state index contributed by atoms with van der Waals surface area (Å²) in [6.07, 6.45) is 2.98. The van der Waals surface area contributed by atoms with Crippen LogP contribution in [0.15, 0.2) is 0 Å². The third kappa shape index (κ3) is 2.17.